The van der Waals surface area contributed by atoms with Gasteiger partial charge < -0.3 is 10.1 Å². The molecule has 0 radical (unpaired) electrons. The molecule has 0 bridgehead atoms. The highest BCUT2D eigenvalue weighted by Crippen LogP contribution is 2.28. The average molecular weight is 338 g/mol. The van der Waals surface area contributed by atoms with Crippen LogP contribution in [-0.2, 0) is 17.9 Å². The Labute approximate surface area is 149 Å². The van der Waals surface area contributed by atoms with Crippen molar-refractivity contribution in [3.8, 4) is 5.75 Å². The lowest BCUT2D eigenvalue weighted by Crippen LogP contribution is -2.30. The Bertz CT molecular complexity index is 770. The standard InChI is InChI=1S/C21H26N2O2/c1-14(2)16-7-5-9-18(11-16)25-15(3)21(24)22-20-10-6-8-17-12-23(4)13-19(17)20/h5-11,14-15H,12-13H2,1-4H3,(H,22,24)/t15-/m1/s1. The topological polar surface area (TPSA) is 41.6 Å². The summed E-state index contributed by atoms with van der Waals surface area (Å²) in [5.74, 6) is 1.03. The molecule has 0 aliphatic carbocycles. The van der Waals surface area contributed by atoms with E-state index in [9.17, 15) is 4.79 Å². The summed E-state index contributed by atoms with van der Waals surface area (Å²) in [4.78, 5) is 14.8. The molecule has 0 spiro atoms. The SMILES string of the molecule is CC(C)c1cccc(O[C@H](C)C(=O)Nc2cccc3c2CN(C)C3)c1. The van der Waals surface area contributed by atoms with Crippen LogP contribution in [0.15, 0.2) is 42.5 Å². The molecule has 3 rings (SSSR count). The first-order valence-electron chi connectivity index (χ1n) is 8.81. The van der Waals surface area contributed by atoms with E-state index in [1.54, 1.807) is 6.92 Å². The van der Waals surface area contributed by atoms with Crippen LogP contribution in [-0.4, -0.2) is 24.0 Å². The van der Waals surface area contributed by atoms with Crippen molar-refractivity contribution in [2.24, 2.45) is 0 Å². The van der Waals surface area contributed by atoms with E-state index in [2.05, 4.69) is 43.2 Å². The minimum absolute atomic E-state index is 0.127. The van der Waals surface area contributed by atoms with Gasteiger partial charge in [-0.25, -0.2) is 0 Å². The van der Waals surface area contributed by atoms with Crippen LogP contribution in [0.3, 0.4) is 0 Å². The van der Waals surface area contributed by atoms with Crippen LogP contribution in [0, 0.1) is 0 Å². The summed E-state index contributed by atoms with van der Waals surface area (Å²) < 4.78 is 5.86. The number of rotatable bonds is 5. The molecule has 0 saturated carbocycles. The van der Waals surface area contributed by atoms with Crippen LogP contribution < -0.4 is 10.1 Å². The fraction of sp³-hybridized carbons (Fsp3) is 0.381. The lowest BCUT2D eigenvalue weighted by molar-refractivity contribution is -0.122. The number of benzene rings is 2. The second-order valence-electron chi connectivity index (χ2n) is 7.09. The third kappa shape index (κ3) is 4.02. The van der Waals surface area contributed by atoms with Gasteiger partial charge in [-0.15, -0.1) is 0 Å². The predicted molar refractivity (Wildman–Crippen MR) is 101 cm³/mol. The monoisotopic (exact) mass is 338 g/mol. The Hall–Kier alpha value is -2.33. The molecule has 1 atom stereocenters. The smallest absolute Gasteiger partial charge is 0.265 e. The Balaban J connectivity index is 1.68. The molecule has 25 heavy (non-hydrogen) atoms. The van der Waals surface area contributed by atoms with Gasteiger partial charge in [0, 0.05) is 18.8 Å². The summed E-state index contributed by atoms with van der Waals surface area (Å²) in [5.41, 5.74) is 4.57. The van der Waals surface area contributed by atoms with Gasteiger partial charge in [0.25, 0.3) is 5.91 Å². The quantitative estimate of drug-likeness (QED) is 0.890. The lowest BCUT2D eigenvalue weighted by atomic mass is 10.0. The molecule has 1 aliphatic rings. The van der Waals surface area contributed by atoms with Crippen molar-refractivity contribution in [3.05, 3.63) is 59.2 Å². The van der Waals surface area contributed by atoms with E-state index in [-0.39, 0.29) is 5.91 Å². The minimum atomic E-state index is -0.558. The van der Waals surface area contributed by atoms with E-state index in [1.807, 2.05) is 30.3 Å². The van der Waals surface area contributed by atoms with Crippen LogP contribution in [0.2, 0.25) is 0 Å². The van der Waals surface area contributed by atoms with Gasteiger partial charge in [-0.1, -0.05) is 38.1 Å². The zero-order chi connectivity index (χ0) is 18.0. The molecule has 2 aromatic carbocycles. The highest BCUT2D eigenvalue weighted by atomic mass is 16.5. The normalized spacial score (nSPS) is 15.1. The van der Waals surface area contributed by atoms with Gasteiger partial charge in [0.05, 0.1) is 0 Å². The van der Waals surface area contributed by atoms with E-state index in [0.717, 1.165) is 24.5 Å². The fourth-order valence-corrected chi connectivity index (χ4v) is 3.14. The first-order valence-corrected chi connectivity index (χ1v) is 8.81. The van der Waals surface area contributed by atoms with Crippen LogP contribution >= 0.6 is 0 Å². The zero-order valence-corrected chi connectivity index (χ0v) is 15.4. The van der Waals surface area contributed by atoms with E-state index in [1.165, 1.54) is 16.7 Å². The Morgan fingerprint density at radius 2 is 1.88 bits per heavy atom. The first-order chi connectivity index (χ1) is 11.9. The molecule has 0 aromatic heterocycles. The number of hydrogen-bond donors (Lipinski definition) is 1. The van der Waals surface area contributed by atoms with Crippen LogP contribution in [0.4, 0.5) is 5.69 Å². The number of ether oxygens (including phenoxy) is 1. The number of carbonyl (C=O) groups excluding carboxylic acids is 1. The summed E-state index contributed by atoms with van der Waals surface area (Å²) in [5, 5.41) is 3.03. The van der Waals surface area contributed by atoms with Crippen molar-refractivity contribution in [1.29, 1.82) is 0 Å². The molecule has 1 amide bonds. The molecule has 1 N–H and O–H groups in total. The van der Waals surface area contributed by atoms with Gasteiger partial charge in [-0.3, -0.25) is 9.69 Å². The lowest BCUT2D eigenvalue weighted by Gasteiger charge is -2.17. The van der Waals surface area contributed by atoms with Crippen molar-refractivity contribution >= 4 is 11.6 Å². The molecule has 2 aromatic rings. The molecule has 1 heterocycles. The maximum absolute atomic E-state index is 12.6. The molecular weight excluding hydrogens is 312 g/mol. The molecule has 1 aliphatic heterocycles. The number of nitrogens with one attached hydrogen (secondary N) is 1. The van der Waals surface area contributed by atoms with Gasteiger partial charge in [-0.05, 0) is 54.8 Å². The third-order valence-corrected chi connectivity index (χ3v) is 4.61. The molecule has 0 saturated heterocycles. The summed E-state index contributed by atoms with van der Waals surface area (Å²) in [6.07, 6.45) is -0.558. The number of fused-ring (bicyclic) bond motifs is 1. The highest BCUT2D eigenvalue weighted by Gasteiger charge is 2.21. The van der Waals surface area contributed by atoms with Crippen LogP contribution in [0.5, 0.6) is 5.75 Å². The molecule has 0 fully saturated rings. The maximum atomic E-state index is 12.6. The molecular formula is C21H26N2O2. The van der Waals surface area contributed by atoms with Crippen LogP contribution in [0.25, 0.3) is 0 Å². The van der Waals surface area contributed by atoms with Gasteiger partial charge in [0.15, 0.2) is 6.10 Å². The zero-order valence-electron chi connectivity index (χ0n) is 15.4. The van der Waals surface area contributed by atoms with Gasteiger partial charge in [0.1, 0.15) is 5.75 Å². The van der Waals surface area contributed by atoms with Crippen molar-refractivity contribution < 1.29 is 9.53 Å². The van der Waals surface area contributed by atoms with E-state index >= 15 is 0 Å². The van der Waals surface area contributed by atoms with Crippen molar-refractivity contribution in [2.75, 3.05) is 12.4 Å². The van der Waals surface area contributed by atoms with Gasteiger partial charge in [0.2, 0.25) is 0 Å². The second kappa shape index (κ2) is 7.28. The van der Waals surface area contributed by atoms with Crippen molar-refractivity contribution in [3.63, 3.8) is 0 Å². The number of amides is 1. The largest absolute Gasteiger partial charge is 0.481 e. The van der Waals surface area contributed by atoms with Crippen molar-refractivity contribution in [2.45, 2.75) is 45.9 Å². The van der Waals surface area contributed by atoms with Gasteiger partial charge >= 0.3 is 0 Å². The highest BCUT2D eigenvalue weighted by molar-refractivity contribution is 5.95. The summed E-state index contributed by atoms with van der Waals surface area (Å²) in [6.45, 7) is 7.85. The number of hydrogen-bond acceptors (Lipinski definition) is 3. The predicted octanol–water partition coefficient (Wildman–Crippen LogP) is 4.16. The molecule has 132 valence electrons. The second-order valence-corrected chi connectivity index (χ2v) is 7.09. The van der Waals surface area contributed by atoms with E-state index in [4.69, 9.17) is 4.74 Å². The number of carbonyl (C=O) groups is 1. The fourth-order valence-electron chi connectivity index (χ4n) is 3.14. The third-order valence-electron chi connectivity index (χ3n) is 4.61. The maximum Gasteiger partial charge on any atom is 0.265 e. The number of anilines is 1. The van der Waals surface area contributed by atoms with Crippen LogP contribution in [0.1, 0.15) is 43.4 Å². The molecule has 4 nitrogen and oxygen atoms in total. The molecule has 4 heteroatoms. The molecule has 0 unspecified atom stereocenters. The minimum Gasteiger partial charge on any atom is -0.481 e. The Morgan fingerprint density at radius 3 is 2.64 bits per heavy atom. The van der Waals surface area contributed by atoms with E-state index < -0.39 is 6.10 Å². The first kappa shape index (κ1) is 17.5. The van der Waals surface area contributed by atoms with E-state index in [0.29, 0.717) is 5.92 Å². The summed E-state index contributed by atoms with van der Waals surface area (Å²) in [6, 6.07) is 14.0. The summed E-state index contributed by atoms with van der Waals surface area (Å²) >= 11 is 0. The summed E-state index contributed by atoms with van der Waals surface area (Å²) in [7, 11) is 2.08. The Morgan fingerprint density at radius 1 is 1.12 bits per heavy atom. The Kier molecular flexibility index (Phi) is 5.09. The average Bonchev–Trinajstić information content (AvgIpc) is 2.96. The van der Waals surface area contributed by atoms with Gasteiger partial charge in [-0.2, -0.15) is 0 Å². The van der Waals surface area contributed by atoms with Crippen molar-refractivity contribution in [1.82, 2.24) is 4.90 Å². The number of nitrogens with zero attached hydrogens (tertiary/aromatic N) is 1.